The Balaban J connectivity index is 2.47. The van der Waals surface area contributed by atoms with Crippen molar-refractivity contribution in [3.05, 3.63) is 53.1 Å². The Kier molecular flexibility index (Phi) is 3.82. The zero-order chi connectivity index (χ0) is 14.9. The lowest BCUT2D eigenvalue weighted by atomic mass is 10.3. The summed E-state index contributed by atoms with van der Waals surface area (Å²) in [5, 5.41) is 0.145. The SMILES string of the molecule is Nc1cc(S(=O)(=O)Nc2ccccc2Cl)c(F)cc1F. The number of para-hydroxylation sites is 1. The first-order valence-electron chi connectivity index (χ1n) is 5.33. The van der Waals surface area contributed by atoms with Crippen molar-refractivity contribution < 1.29 is 17.2 Å². The largest absolute Gasteiger partial charge is 0.396 e. The molecule has 4 nitrogen and oxygen atoms in total. The minimum atomic E-state index is -4.26. The average Bonchev–Trinajstić information content (AvgIpc) is 2.36. The number of sulfonamides is 1. The van der Waals surface area contributed by atoms with Gasteiger partial charge in [-0.15, -0.1) is 0 Å². The van der Waals surface area contributed by atoms with Crippen LogP contribution in [-0.2, 0) is 10.0 Å². The predicted molar refractivity (Wildman–Crippen MR) is 73.0 cm³/mol. The summed E-state index contributed by atoms with van der Waals surface area (Å²) in [6.07, 6.45) is 0. The lowest BCUT2D eigenvalue weighted by Crippen LogP contribution is -2.15. The Morgan fingerprint density at radius 1 is 1.10 bits per heavy atom. The quantitative estimate of drug-likeness (QED) is 0.854. The molecule has 3 N–H and O–H groups in total. The van der Waals surface area contributed by atoms with E-state index in [1.54, 1.807) is 12.1 Å². The maximum atomic E-state index is 13.6. The summed E-state index contributed by atoms with van der Waals surface area (Å²) in [4.78, 5) is -0.753. The van der Waals surface area contributed by atoms with Crippen molar-refractivity contribution in [3.63, 3.8) is 0 Å². The van der Waals surface area contributed by atoms with Crippen molar-refractivity contribution in [2.24, 2.45) is 0 Å². The summed E-state index contributed by atoms with van der Waals surface area (Å²) in [7, 11) is -4.26. The van der Waals surface area contributed by atoms with Gasteiger partial charge in [-0.05, 0) is 18.2 Å². The van der Waals surface area contributed by atoms with Gasteiger partial charge in [0, 0.05) is 6.07 Å². The van der Waals surface area contributed by atoms with Gasteiger partial charge in [0.15, 0.2) is 0 Å². The number of nitrogen functional groups attached to an aromatic ring is 1. The molecule has 0 aromatic heterocycles. The highest BCUT2D eigenvalue weighted by Crippen LogP contribution is 2.26. The summed E-state index contributed by atoms with van der Waals surface area (Å²) in [5.41, 5.74) is 4.86. The normalized spacial score (nSPS) is 11.3. The molecule has 0 bridgehead atoms. The number of rotatable bonds is 3. The molecule has 2 aromatic rings. The molecule has 0 fully saturated rings. The molecule has 2 aromatic carbocycles. The second kappa shape index (κ2) is 5.26. The van der Waals surface area contributed by atoms with Crippen LogP contribution < -0.4 is 10.5 Å². The molecule has 0 aliphatic rings. The van der Waals surface area contributed by atoms with E-state index in [9.17, 15) is 17.2 Å². The van der Waals surface area contributed by atoms with Crippen LogP contribution in [0.5, 0.6) is 0 Å². The van der Waals surface area contributed by atoms with Crippen molar-refractivity contribution in [1.82, 2.24) is 0 Å². The second-order valence-corrected chi connectivity index (χ2v) is 5.95. The third kappa shape index (κ3) is 2.83. The van der Waals surface area contributed by atoms with Crippen LogP contribution in [0.2, 0.25) is 5.02 Å². The molecule has 0 heterocycles. The molecular weight excluding hydrogens is 310 g/mol. The van der Waals surface area contributed by atoms with Crippen molar-refractivity contribution in [1.29, 1.82) is 0 Å². The molecule has 0 spiro atoms. The lowest BCUT2D eigenvalue weighted by molar-refractivity contribution is 0.553. The van der Waals surface area contributed by atoms with Gasteiger partial charge in [-0.2, -0.15) is 0 Å². The number of halogens is 3. The van der Waals surface area contributed by atoms with E-state index in [0.717, 1.165) is 0 Å². The minimum absolute atomic E-state index is 0.0801. The monoisotopic (exact) mass is 318 g/mol. The third-order valence-corrected chi connectivity index (χ3v) is 4.17. The topological polar surface area (TPSA) is 72.2 Å². The summed E-state index contributed by atoms with van der Waals surface area (Å²) in [6, 6.07) is 7.16. The van der Waals surface area contributed by atoms with E-state index in [2.05, 4.69) is 4.72 Å². The maximum absolute atomic E-state index is 13.6. The molecule has 0 saturated carbocycles. The number of benzene rings is 2. The fraction of sp³-hybridized carbons (Fsp3) is 0. The Morgan fingerprint density at radius 2 is 1.75 bits per heavy atom. The van der Waals surface area contributed by atoms with Gasteiger partial charge in [-0.1, -0.05) is 23.7 Å². The van der Waals surface area contributed by atoms with E-state index in [0.29, 0.717) is 12.1 Å². The molecule has 2 rings (SSSR count). The molecule has 8 heteroatoms. The predicted octanol–water partition coefficient (Wildman–Crippen LogP) is 3.00. The van der Waals surface area contributed by atoms with Gasteiger partial charge in [0.1, 0.15) is 16.5 Å². The fourth-order valence-corrected chi connectivity index (χ4v) is 2.91. The van der Waals surface area contributed by atoms with E-state index in [1.807, 2.05) is 0 Å². The van der Waals surface area contributed by atoms with Crippen LogP contribution in [-0.4, -0.2) is 8.42 Å². The molecular formula is C12H9ClF2N2O2S. The van der Waals surface area contributed by atoms with E-state index in [1.165, 1.54) is 12.1 Å². The number of hydrogen-bond donors (Lipinski definition) is 2. The van der Waals surface area contributed by atoms with Gasteiger partial charge in [-0.25, -0.2) is 17.2 Å². The van der Waals surface area contributed by atoms with Crippen LogP contribution in [0, 0.1) is 11.6 Å². The van der Waals surface area contributed by atoms with Crippen LogP contribution >= 0.6 is 11.6 Å². The van der Waals surface area contributed by atoms with E-state index < -0.39 is 32.2 Å². The fourth-order valence-electron chi connectivity index (χ4n) is 1.49. The summed E-state index contributed by atoms with van der Waals surface area (Å²) < 4.78 is 52.8. The molecule has 0 unspecified atom stereocenters. The molecule has 20 heavy (non-hydrogen) atoms. The highest BCUT2D eigenvalue weighted by Gasteiger charge is 2.22. The van der Waals surface area contributed by atoms with E-state index in [4.69, 9.17) is 17.3 Å². The third-order valence-electron chi connectivity index (χ3n) is 2.46. The Morgan fingerprint density at radius 3 is 2.40 bits per heavy atom. The molecule has 0 atom stereocenters. The van der Waals surface area contributed by atoms with E-state index in [-0.39, 0.29) is 10.7 Å². The van der Waals surface area contributed by atoms with Crippen LogP contribution in [0.4, 0.5) is 20.2 Å². The van der Waals surface area contributed by atoms with Crippen molar-refractivity contribution in [2.75, 3.05) is 10.5 Å². The number of anilines is 2. The Hall–Kier alpha value is -1.86. The molecule has 0 radical (unpaired) electrons. The van der Waals surface area contributed by atoms with Gasteiger partial charge in [0.2, 0.25) is 0 Å². The molecule has 0 amide bonds. The van der Waals surface area contributed by atoms with Gasteiger partial charge < -0.3 is 5.73 Å². The van der Waals surface area contributed by atoms with Crippen LogP contribution in [0.1, 0.15) is 0 Å². The number of hydrogen-bond acceptors (Lipinski definition) is 3. The minimum Gasteiger partial charge on any atom is -0.396 e. The average molecular weight is 319 g/mol. The first-order valence-corrected chi connectivity index (χ1v) is 7.19. The van der Waals surface area contributed by atoms with Crippen LogP contribution in [0.25, 0.3) is 0 Å². The number of nitrogens with two attached hydrogens (primary N) is 1. The van der Waals surface area contributed by atoms with Crippen LogP contribution in [0.3, 0.4) is 0 Å². The highest BCUT2D eigenvalue weighted by atomic mass is 35.5. The Bertz CT molecular complexity index is 766. The van der Waals surface area contributed by atoms with Gasteiger partial charge >= 0.3 is 0 Å². The van der Waals surface area contributed by atoms with Crippen molar-refractivity contribution in [3.8, 4) is 0 Å². The molecule has 0 aliphatic carbocycles. The highest BCUT2D eigenvalue weighted by molar-refractivity contribution is 7.92. The maximum Gasteiger partial charge on any atom is 0.264 e. The Labute approximate surface area is 119 Å². The molecule has 106 valence electrons. The van der Waals surface area contributed by atoms with Gasteiger partial charge in [-0.3, -0.25) is 4.72 Å². The van der Waals surface area contributed by atoms with Crippen molar-refractivity contribution >= 4 is 33.0 Å². The standard InChI is InChI=1S/C12H9ClF2N2O2S/c13-7-3-1-2-4-11(7)17-20(18,19)12-6-10(16)8(14)5-9(12)15/h1-6,17H,16H2. The lowest BCUT2D eigenvalue weighted by Gasteiger charge is -2.11. The first-order chi connectivity index (χ1) is 9.31. The first kappa shape index (κ1) is 14.5. The zero-order valence-corrected chi connectivity index (χ0v) is 11.5. The van der Waals surface area contributed by atoms with Crippen molar-refractivity contribution in [2.45, 2.75) is 4.90 Å². The molecule has 0 saturated heterocycles. The van der Waals surface area contributed by atoms with Crippen LogP contribution in [0.15, 0.2) is 41.3 Å². The summed E-state index contributed by atoms with van der Waals surface area (Å²) >= 11 is 5.81. The smallest absolute Gasteiger partial charge is 0.264 e. The van der Waals surface area contributed by atoms with E-state index >= 15 is 0 Å². The molecule has 0 aliphatic heterocycles. The summed E-state index contributed by atoms with van der Waals surface area (Å²) in [6.45, 7) is 0. The van der Waals surface area contributed by atoms with Gasteiger partial charge in [0.05, 0.1) is 16.4 Å². The van der Waals surface area contributed by atoms with Gasteiger partial charge in [0.25, 0.3) is 10.0 Å². The number of nitrogens with one attached hydrogen (secondary N) is 1. The summed E-state index contributed by atoms with van der Waals surface area (Å²) in [5.74, 6) is -2.27. The zero-order valence-electron chi connectivity index (χ0n) is 9.90. The second-order valence-electron chi connectivity index (χ2n) is 3.89.